The normalized spacial score (nSPS) is 20.1. The minimum Gasteiger partial charge on any atom is -0.486 e. The molecule has 4 rings (SSSR count). The number of aliphatic hydroxyl groups is 1. The molecule has 1 aromatic carbocycles. The molecule has 0 saturated carbocycles. The average molecular weight is 345 g/mol. The lowest BCUT2D eigenvalue weighted by atomic mass is 9.99. The van der Waals surface area contributed by atoms with Gasteiger partial charge in [-0.05, 0) is 38.8 Å². The number of rotatable bonds is 4. The van der Waals surface area contributed by atoms with Gasteiger partial charge in [0.15, 0.2) is 11.5 Å². The van der Waals surface area contributed by atoms with E-state index in [1.54, 1.807) is 0 Å². The summed E-state index contributed by atoms with van der Waals surface area (Å²) in [5.41, 5.74) is 1.88. The van der Waals surface area contributed by atoms with Crippen LogP contribution in [0.4, 0.5) is 0 Å². The number of benzene rings is 1. The largest absolute Gasteiger partial charge is 0.486 e. The summed E-state index contributed by atoms with van der Waals surface area (Å²) in [4.78, 5) is 7.01. The molecule has 136 valence electrons. The molecule has 0 radical (unpaired) electrons. The van der Waals surface area contributed by atoms with Gasteiger partial charge in [0.2, 0.25) is 0 Å². The summed E-state index contributed by atoms with van der Waals surface area (Å²) < 4.78 is 13.4. The molecule has 3 heterocycles. The highest BCUT2D eigenvalue weighted by Gasteiger charge is 2.21. The number of aromatic nitrogens is 2. The van der Waals surface area contributed by atoms with Crippen molar-refractivity contribution in [3.63, 3.8) is 0 Å². The highest BCUT2D eigenvalue weighted by atomic mass is 16.6. The van der Waals surface area contributed by atoms with Crippen LogP contribution in [0, 0.1) is 12.8 Å². The van der Waals surface area contributed by atoms with E-state index >= 15 is 0 Å². The zero-order chi connectivity index (χ0) is 17.4. The fourth-order valence-corrected chi connectivity index (χ4v) is 3.82. The molecular weight excluding hydrogens is 318 g/mol. The molecule has 6 nitrogen and oxygen atoms in total. The third kappa shape index (κ3) is 3.46. The summed E-state index contributed by atoms with van der Waals surface area (Å²) >= 11 is 0. The molecule has 0 unspecified atom stereocenters. The van der Waals surface area contributed by atoms with Gasteiger partial charge in [-0.3, -0.25) is 0 Å². The number of fused-ring (bicyclic) bond motifs is 2. The Morgan fingerprint density at radius 1 is 1.16 bits per heavy atom. The van der Waals surface area contributed by atoms with Crippen molar-refractivity contribution in [1.29, 1.82) is 0 Å². The maximum absolute atomic E-state index is 10.6. The third-order valence-corrected chi connectivity index (χ3v) is 5.34. The summed E-state index contributed by atoms with van der Waals surface area (Å²) in [6, 6.07) is 3.92. The van der Waals surface area contributed by atoms with Crippen LogP contribution in [-0.4, -0.2) is 58.5 Å². The van der Waals surface area contributed by atoms with Gasteiger partial charge in [0.25, 0.3) is 0 Å². The summed E-state index contributed by atoms with van der Waals surface area (Å²) in [5.74, 6) is 3.23. The number of likely N-dealkylation sites (tertiary alicyclic amines) is 1. The second kappa shape index (κ2) is 6.84. The molecule has 0 aliphatic carbocycles. The summed E-state index contributed by atoms with van der Waals surface area (Å²) in [5, 5.41) is 10.6. The first-order valence-electron chi connectivity index (χ1n) is 9.27. The second-order valence-corrected chi connectivity index (χ2v) is 7.39. The predicted octanol–water partition coefficient (Wildman–Crippen LogP) is 2.21. The SMILES string of the molecule is Cc1nc2cc3c(cc2n1C[C@H](O)CN1CCC(C)CC1)OCCO3. The molecule has 1 N–H and O–H groups in total. The van der Waals surface area contributed by atoms with Crippen molar-refractivity contribution in [2.45, 2.75) is 39.3 Å². The van der Waals surface area contributed by atoms with Crippen molar-refractivity contribution in [3.05, 3.63) is 18.0 Å². The van der Waals surface area contributed by atoms with Gasteiger partial charge < -0.3 is 24.0 Å². The molecular formula is C19H27N3O3. The van der Waals surface area contributed by atoms with Crippen molar-refractivity contribution in [1.82, 2.24) is 14.5 Å². The Balaban J connectivity index is 1.51. The zero-order valence-electron chi connectivity index (χ0n) is 15.1. The summed E-state index contributed by atoms with van der Waals surface area (Å²) in [6.07, 6.45) is 2.05. The standard InChI is InChI=1S/C19H27N3O3/c1-13-3-5-21(6-4-13)11-15(23)12-22-14(2)20-16-9-18-19(10-17(16)22)25-8-7-24-18/h9-10,13,15,23H,3-8,11-12H2,1-2H3/t15-/m1/s1. The Kier molecular flexibility index (Phi) is 4.56. The first kappa shape index (κ1) is 16.7. The van der Waals surface area contributed by atoms with E-state index in [0.717, 1.165) is 53.9 Å². The smallest absolute Gasteiger partial charge is 0.163 e. The van der Waals surface area contributed by atoms with Crippen LogP contribution in [0.15, 0.2) is 12.1 Å². The van der Waals surface area contributed by atoms with E-state index in [4.69, 9.17) is 9.47 Å². The van der Waals surface area contributed by atoms with Gasteiger partial charge in [0, 0.05) is 18.7 Å². The number of aryl methyl sites for hydroxylation is 1. The molecule has 2 aliphatic heterocycles. The van der Waals surface area contributed by atoms with Crippen LogP contribution in [0.5, 0.6) is 11.5 Å². The van der Waals surface area contributed by atoms with Gasteiger partial charge in [-0.25, -0.2) is 4.98 Å². The van der Waals surface area contributed by atoms with E-state index in [9.17, 15) is 5.11 Å². The van der Waals surface area contributed by atoms with Gasteiger partial charge in [0.1, 0.15) is 19.0 Å². The summed E-state index contributed by atoms with van der Waals surface area (Å²) in [6.45, 7) is 8.87. The van der Waals surface area contributed by atoms with E-state index < -0.39 is 6.10 Å². The van der Waals surface area contributed by atoms with Gasteiger partial charge in [-0.2, -0.15) is 0 Å². The van der Waals surface area contributed by atoms with Crippen LogP contribution in [0.2, 0.25) is 0 Å². The fraction of sp³-hybridized carbons (Fsp3) is 0.632. The van der Waals surface area contributed by atoms with E-state index in [-0.39, 0.29) is 0 Å². The van der Waals surface area contributed by atoms with E-state index in [0.29, 0.717) is 19.8 Å². The number of imidazole rings is 1. The minimum absolute atomic E-state index is 0.405. The quantitative estimate of drug-likeness (QED) is 0.921. The van der Waals surface area contributed by atoms with Crippen molar-refractivity contribution >= 4 is 11.0 Å². The number of hydrogen-bond donors (Lipinski definition) is 1. The van der Waals surface area contributed by atoms with Crippen LogP contribution in [0.3, 0.4) is 0 Å². The Morgan fingerprint density at radius 3 is 2.56 bits per heavy atom. The number of ether oxygens (including phenoxy) is 2. The van der Waals surface area contributed by atoms with Gasteiger partial charge in [-0.1, -0.05) is 6.92 Å². The molecule has 2 aromatic rings. The molecule has 0 bridgehead atoms. The summed E-state index contributed by atoms with van der Waals surface area (Å²) in [7, 11) is 0. The molecule has 25 heavy (non-hydrogen) atoms. The van der Waals surface area contributed by atoms with E-state index in [2.05, 4.69) is 21.4 Å². The minimum atomic E-state index is -0.405. The topological polar surface area (TPSA) is 59.8 Å². The molecule has 2 aliphatic rings. The van der Waals surface area contributed by atoms with Gasteiger partial charge >= 0.3 is 0 Å². The number of β-amino-alcohol motifs (C(OH)–C–C–N with tert-alkyl or cyclic N) is 1. The third-order valence-electron chi connectivity index (χ3n) is 5.34. The maximum atomic E-state index is 10.6. The molecule has 1 saturated heterocycles. The second-order valence-electron chi connectivity index (χ2n) is 7.39. The molecule has 0 spiro atoms. The van der Waals surface area contributed by atoms with Crippen molar-refractivity contribution in [2.24, 2.45) is 5.92 Å². The van der Waals surface area contributed by atoms with Crippen LogP contribution < -0.4 is 9.47 Å². The lowest BCUT2D eigenvalue weighted by molar-refractivity contribution is 0.0805. The molecule has 1 fully saturated rings. The maximum Gasteiger partial charge on any atom is 0.163 e. The zero-order valence-corrected chi connectivity index (χ0v) is 15.1. The van der Waals surface area contributed by atoms with E-state index in [1.165, 1.54) is 12.8 Å². The predicted molar refractivity (Wildman–Crippen MR) is 96.3 cm³/mol. The Hall–Kier alpha value is -1.79. The average Bonchev–Trinajstić information content (AvgIpc) is 2.90. The Bertz CT molecular complexity index is 750. The Morgan fingerprint density at radius 2 is 1.84 bits per heavy atom. The molecule has 1 aromatic heterocycles. The monoisotopic (exact) mass is 345 g/mol. The first-order valence-corrected chi connectivity index (χ1v) is 9.27. The van der Waals surface area contributed by atoms with Crippen LogP contribution in [0.25, 0.3) is 11.0 Å². The lowest BCUT2D eigenvalue weighted by Crippen LogP contribution is -2.39. The van der Waals surface area contributed by atoms with Crippen LogP contribution >= 0.6 is 0 Å². The van der Waals surface area contributed by atoms with Crippen molar-refractivity contribution in [3.8, 4) is 11.5 Å². The van der Waals surface area contributed by atoms with Crippen molar-refractivity contribution in [2.75, 3.05) is 32.8 Å². The van der Waals surface area contributed by atoms with Crippen molar-refractivity contribution < 1.29 is 14.6 Å². The molecule has 1 atom stereocenters. The number of piperidine rings is 1. The number of aliphatic hydroxyl groups excluding tert-OH is 1. The molecule has 6 heteroatoms. The number of nitrogens with zero attached hydrogens (tertiary/aromatic N) is 3. The number of hydrogen-bond acceptors (Lipinski definition) is 5. The first-order chi connectivity index (χ1) is 12.1. The highest BCUT2D eigenvalue weighted by molar-refractivity contribution is 5.80. The van der Waals surface area contributed by atoms with Crippen LogP contribution in [-0.2, 0) is 6.54 Å². The van der Waals surface area contributed by atoms with Crippen LogP contribution in [0.1, 0.15) is 25.6 Å². The van der Waals surface area contributed by atoms with E-state index in [1.807, 2.05) is 19.1 Å². The van der Waals surface area contributed by atoms with Gasteiger partial charge in [-0.15, -0.1) is 0 Å². The molecule has 0 amide bonds. The fourth-order valence-electron chi connectivity index (χ4n) is 3.82. The highest BCUT2D eigenvalue weighted by Crippen LogP contribution is 2.34. The Labute approximate surface area is 148 Å². The van der Waals surface area contributed by atoms with Gasteiger partial charge in [0.05, 0.1) is 23.7 Å². The lowest BCUT2D eigenvalue weighted by Gasteiger charge is -2.31.